The summed E-state index contributed by atoms with van der Waals surface area (Å²) in [6.07, 6.45) is 5.80. The van der Waals surface area contributed by atoms with Crippen LogP contribution in [0.1, 0.15) is 30.4 Å². The fourth-order valence-electron chi connectivity index (χ4n) is 5.46. The molecule has 0 spiro atoms. The molecule has 2 aliphatic heterocycles. The first-order valence-corrected chi connectivity index (χ1v) is 14.4. The van der Waals surface area contributed by atoms with Crippen molar-refractivity contribution in [3.8, 4) is 0 Å². The van der Waals surface area contributed by atoms with E-state index >= 15 is 0 Å². The van der Waals surface area contributed by atoms with Gasteiger partial charge in [0.1, 0.15) is 10.7 Å². The van der Waals surface area contributed by atoms with Gasteiger partial charge >= 0.3 is 0 Å². The molecule has 3 aromatic rings. The number of rotatable bonds is 8. The van der Waals surface area contributed by atoms with Crippen LogP contribution >= 0.6 is 22.9 Å². The zero-order valence-electron chi connectivity index (χ0n) is 19.4. The van der Waals surface area contributed by atoms with Crippen LogP contribution in [-0.4, -0.2) is 43.5 Å². The van der Waals surface area contributed by atoms with Crippen molar-refractivity contribution < 1.29 is 12.8 Å². The van der Waals surface area contributed by atoms with Gasteiger partial charge in [-0.1, -0.05) is 41.4 Å². The number of nitrogens with zero attached hydrogens (tertiary/aromatic N) is 2. The van der Waals surface area contributed by atoms with Gasteiger partial charge in [0.05, 0.1) is 10.7 Å². The Balaban J connectivity index is 1.28. The van der Waals surface area contributed by atoms with Gasteiger partial charge < -0.3 is 5.32 Å². The quantitative estimate of drug-likeness (QED) is 0.396. The highest BCUT2D eigenvalue weighted by molar-refractivity contribution is 7.93. The predicted octanol–water partition coefficient (Wildman–Crippen LogP) is 5.55. The molecule has 186 valence electrons. The predicted molar refractivity (Wildman–Crippen MR) is 139 cm³/mol. The Morgan fingerprint density at radius 2 is 2.09 bits per heavy atom. The molecule has 2 aromatic carbocycles. The van der Waals surface area contributed by atoms with Gasteiger partial charge in [0.25, 0.3) is 10.0 Å². The number of benzene rings is 2. The second kappa shape index (κ2) is 9.69. The molecule has 2 aliphatic rings. The minimum Gasteiger partial charge on any atom is -0.382 e. The van der Waals surface area contributed by atoms with Crippen LogP contribution in [0.25, 0.3) is 0 Å². The van der Waals surface area contributed by atoms with Crippen molar-refractivity contribution in [2.24, 2.45) is 5.92 Å². The van der Waals surface area contributed by atoms with E-state index in [1.165, 1.54) is 23.4 Å². The zero-order chi connectivity index (χ0) is 24.6. The average molecular weight is 535 g/mol. The molecular weight excluding hydrogens is 507 g/mol. The number of anilines is 2. The van der Waals surface area contributed by atoms with Crippen LogP contribution in [0.15, 0.2) is 52.9 Å². The molecule has 0 amide bonds. The summed E-state index contributed by atoms with van der Waals surface area (Å²) < 4.78 is 42.5. The number of fused-ring (bicyclic) bond motifs is 1. The van der Waals surface area contributed by atoms with Gasteiger partial charge in [0.15, 0.2) is 5.13 Å². The maximum Gasteiger partial charge on any atom is 0.266 e. The molecule has 1 aromatic heterocycles. The van der Waals surface area contributed by atoms with Crippen LogP contribution in [-0.2, 0) is 16.4 Å². The molecular formula is C25H28ClFN4O2S2. The minimum atomic E-state index is -4.14. The monoisotopic (exact) mass is 534 g/mol. The van der Waals surface area contributed by atoms with Crippen molar-refractivity contribution in [1.29, 1.82) is 0 Å². The second-order valence-corrected chi connectivity index (χ2v) is 12.5. The van der Waals surface area contributed by atoms with Gasteiger partial charge in [-0.05, 0) is 62.8 Å². The van der Waals surface area contributed by atoms with Crippen LogP contribution in [0.2, 0.25) is 5.02 Å². The number of halogens is 2. The van der Waals surface area contributed by atoms with Crippen molar-refractivity contribution in [1.82, 2.24) is 9.88 Å². The second-order valence-electron chi connectivity index (χ2n) is 9.59. The number of hydrogen-bond acceptors (Lipinski definition) is 6. The van der Waals surface area contributed by atoms with E-state index in [-0.39, 0.29) is 15.7 Å². The van der Waals surface area contributed by atoms with Crippen LogP contribution in [0.4, 0.5) is 15.2 Å². The number of aromatic nitrogens is 1. The van der Waals surface area contributed by atoms with Gasteiger partial charge in [0.2, 0.25) is 0 Å². The first kappa shape index (κ1) is 24.5. The highest BCUT2D eigenvalue weighted by Crippen LogP contribution is 2.43. The van der Waals surface area contributed by atoms with Crippen LogP contribution in [0, 0.1) is 18.7 Å². The third-order valence-corrected chi connectivity index (χ3v) is 9.59. The van der Waals surface area contributed by atoms with Crippen LogP contribution in [0.3, 0.4) is 0 Å². The molecule has 3 heterocycles. The topological polar surface area (TPSA) is 74.3 Å². The van der Waals surface area contributed by atoms with E-state index in [1.807, 2.05) is 0 Å². The van der Waals surface area contributed by atoms with E-state index in [1.54, 1.807) is 5.38 Å². The summed E-state index contributed by atoms with van der Waals surface area (Å²) >= 11 is 7.53. The molecule has 6 nitrogen and oxygen atoms in total. The molecule has 0 aliphatic carbocycles. The Labute approximate surface area is 214 Å². The Morgan fingerprint density at radius 1 is 1.29 bits per heavy atom. The summed E-state index contributed by atoms with van der Waals surface area (Å²) in [6.45, 7) is 4.86. The molecule has 2 atom stereocenters. The van der Waals surface area contributed by atoms with E-state index in [9.17, 15) is 12.8 Å². The van der Waals surface area contributed by atoms with Gasteiger partial charge in [0, 0.05) is 30.2 Å². The third-order valence-electron chi connectivity index (χ3n) is 7.11. The average Bonchev–Trinajstić information content (AvgIpc) is 3.52. The lowest BCUT2D eigenvalue weighted by Gasteiger charge is -2.32. The minimum absolute atomic E-state index is 0.00626. The molecule has 2 saturated heterocycles. The molecule has 2 unspecified atom stereocenters. The molecule has 35 heavy (non-hydrogen) atoms. The van der Waals surface area contributed by atoms with E-state index in [4.69, 9.17) is 11.6 Å². The van der Waals surface area contributed by atoms with Gasteiger partial charge in [-0.25, -0.2) is 17.8 Å². The first-order valence-electron chi connectivity index (χ1n) is 11.7. The number of nitrogens with one attached hydrogen (secondary N) is 2. The summed E-state index contributed by atoms with van der Waals surface area (Å²) in [5, 5.41) is 5.31. The van der Waals surface area contributed by atoms with Crippen molar-refractivity contribution >= 4 is 43.8 Å². The molecule has 2 fully saturated rings. The number of hydrogen-bond donors (Lipinski definition) is 2. The SMILES string of the molecule is Cc1ccc(CC2CN3CCCC3(CNc3cc(F)c(S(=O)(=O)Nc4nccs4)cc3Cl)C2)cc1. The zero-order valence-corrected chi connectivity index (χ0v) is 21.8. The Morgan fingerprint density at radius 3 is 2.83 bits per heavy atom. The summed E-state index contributed by atoms with van der Waals surface area (Å²) in [5.41, 5.74) is 3.04. The van der Waals surface area contributed by atoms with E-state index in [0.29, 0.717) is 18.2 Å². The van der Waals surface area contributed by atoms with Gasteiger partial charge in [-0.15, -0.1) is 11.3 Å². The van der Waals surface area contributed by atoms with Crippen molar-refractivity contribution in [3.63, 3.8) is 0 Å². The molecule has 0 radical (unpaired) electrons. The lowest BCUT2D eigenvalue weighted by Crippen LogP contribution is -2.44. The summed E-state index contributed by atoms with van der Waals surface area (Å²) in [5.74, 6) is -0.290. The fraction of sp³-hybridized carbons (Fsp3) is 0.400. The maximum atomic E-state index is 14.9. The number of thiazole rings is 1. The smallest absolute Gasteiger partial charge is 0.266 e. The number of aryl methyl sites for hydroxylation is 1. The van der Waals surface area contributed by atoms with Crippen LogP contribution in [0.5, 0.6) is 0 Å². The molecule has 2 N–H and O–H groups in total. The lowest BCUT2D eigenvalue weighted by molar-refractivity contribution is 0.209. The highest BCUT2D eigenvalue weighted by Gasteiger charge is 2.48. The van der Waals surface area contributed by atoms with E-state index in [2.05, 4.69) is 51.1 Å². The Kier molecular flexibility index (Phi) is 6.78. The largest absolute Gasteiger partial charge is 0.382 e. The van der Waals surface area contributed by atoms with Crippen LogP contribution < -0.4 is 10.0 Å². The highest BCUT2D eigenvalue weighted by atomic mass is 35.5. The van der Waals surface area contributed by atoms with Crippen molar-refractivity contribution in [2.45, 2.75) is 43.0 Å². The van der Waals surface area contributed by atoms with E-state index < -0.39 is 20.7 Å². The molecule has 0 bridgehead atoms. The Bertz CT molecular complexity index is 1300. The van der Waals surface area contributed by atoms with Crippen molar-refractivity contribution in [2.75, 3.05) is 29.7 Å². The normalized spacial score (nSPS) is 22.3. The van der Waals surface area contributed by atoms with Gasteiger partial charge in [-0.3, -0.25) is 9.62 Å². The first-order chi connectivity index (χ1) is 16.7. The molecule has 0 saturated carbocycles. The van der Waals surface area contributed by atoms with Gasteiger partial charge in [-0.2, -0.15) is 0 Å². The number of sulfonamides is 1. The standard InChI is InChI=1S/C25H28ClFN4O2S2/c1-17-3-5-18(6-4-17)11-19-14-25(7-2-9-31(25)15-19)16-29-22-13-21(27)23(12-20(22)26)35(32,33)30-24-28-8-10-34-24/h3-6,8,10,12-13,19,29H,2,7,9,11,14-16H2,1H3,(H,28,30). The molecule has 10 heteroatoms. The summed E-state index contributed by atoms with van der Waals surface area (Å²) in [6, 6.07) is 11.1. The summed E-state index contributed by atoms with van der Waals surface area (Å²) in [4.78, 5) is 5.95. The van der Waals surface area contributed by atoms with Crippen molar-refractivity contribution in [3.05, 3.63) is 69.9 Å². The fourth-order valence-corrected chi connectivity index (χ4v) is 7.63. The summed E-state index contributed by atoms with van der Waals surface area (Å²) in [7, 11) is -4.14. The molecule has 5 rings (SSSR count). The third kappa shape index (κ3) is 5.18. The Hall–Kier alpha value is -2.20. The lowest BCUT2D eigenvalue weighted by atomic mass is 9.87. The van der Waals surface area contributed by atoms with E-state index in [0.717, 1.165) is 56.2 Å². The maximum absolute atomic E-state index is 14.9.